The molecule has 0 aromatic carbocycles. The molecule has 0 aliphatic carbocycles. The molecular weight excluding hydrogens is 305 g/mol. The second-order valence-corrected chi connectivity index (χ2v) is 4.43. The molecule has 0 radical (unpaired) electrons. The molecule has 0 unspecified atom stereocenters. The van der Waals surface area contributed by atoms with Gasteiger partial charge in [0.1, 0.15) is 16.7 Å². The minimum absolute atomic E-state index is 0.0679. The van der Waals surface area contributed by atoms with Gasteiger partial charge in [-0.15, -0.1) is 0 Å². The lowest BCUT2D eigenvalue weighted by Crippen LogP contribution is -2.16. The number of anilines is 1. The van der Waals surface area contributed by atoms with Gasteiger partial charge in [-0.05, 0) is 24.3 Å². The fourth-order valence-corrected chi connectivity index (χ4v) is 1.72. The molecule has 2 N–H and O–H groups in total. The minimum Gasteiger partial charge on any atom is -0.477 e. The van der Waals surface area contributed by atoms with Crippen LogP contribution in [0.5, 0.6) is 0 Å². The smallest absolute Gasteiger partial charge is 0.354 e. The molecular formula is C12H7Cl2N3O3. The molecule has 2 aromatic rings. The standard InChI is InChI=1S/C12H7Cl2N3O3/c13-6-4-5-8(14)16-10(6)11(18)17-9-3-1-2-7(15-9)12(19)20/h1-5H,(H,19,20)(H,15,17,18). The zero-order valence-corrected chi connectivity index (χ0v) is 11.3. The summed E-state index contributed by atoms with van der Waals surface area (Å²) in [6.45, 7) is 0. The Morgan fingerprint density at radius 1 is 1.10 bits per heavy atom. The van der Waals surface area contributed by atoms with Gasteiger partial charge in [-0.25, -0.2) is 14.8 Å². The second-order valence-electron chi connectivity index (χ2n) is 3.63. The minimum atomic E-state index is -1.19. The van der Waals surface area contributed by atoms with Crippen LogP contribution in [0.25, 0.3) is 0 Å². The molecule has 2 rings (SSSR count). The Labute approximate surface area is 123 Å². The number of carboxylic acids is 1. The number of hydrogen-bond acceptors (Lipinski definition) is 4. The van der Waals surface area contributed by atoms with E-state index in [2.05, 4.69) is 15.3 Å². The van der Waals surface area contributed by atoms with Gasteiger partial charge in [0, 0.05) is 0 Å². The van der Waals surface area contributed by atoms with Crippen LogP contribution in [0.15, 0.2) is 30.3 Å². The average molecular weight is 312 g/mol. The molecule has 0 aliphatic rings. The predicted octanol–water partition coefficient (Wildman–Crippen LogP) is 2.73. The lowest BCUT2D eigenvalue weighted by atomic mass is 10.3. The largest absolute Gasteiger partial charge is 0.477 e. The Bertz CT molecular complexity index is 691. The van der Waals surface area contributed by atoms with E-state index in [0.717, 1.165) is 0 Å². The summed E-state index contributed by atoms with van der Waals surface area (Å²) < 4.78 is 0. The van der Waals surface area contributed by atoms with E-state index in [1.165, 1.54) is 30.3 Å². The number of carbonyl (C=O) groups is 2. The first-order chi connectivity index (χ1) is 9.47. The molecule has 0 saturated heterocycles. The van der Waals surface area contributed by atoms with Gasteiger partial charge >= 0.3 is 5.97 Å². The molecule has 102 valence electrons. The summed E-state index contributed by atoms with van der Waals surface area (Å²) in [5.74, 6) is -1.75. The number of carbonyl (C=O) groups excluding carboxylic acids is 1. The molecule has 0 bridgehead atoms. The molecule has 20 heavy (non-hydrogen) atoms. The fourth-order valence-electron chi connectivity index (χ4n) is 1.38. The van der Waals surface area contributed by atoms with Crippen molar-refractivity contribution in [2.45, 2.75) is 0 Å². The predicted molar refractivity (Wildman–Crippen MR) is 73.4 cm³/mol. The highest BCUT2D eigenvalue weighted by Gasteiger charge is 2.14. The van der Waals surface area contributed by atoms with Gasteiger partial charge in [0.25, 0.3) is 5.91 Å². The molecule has 1 amide bonds. The lowest BCUT2D eigenvalue weighted by molar-refractivity contribution is 0.0690. The molecule has 0 aliphatic heterocycles. The first kappa shape index (κ1) is 14.2. The van der Waals surface area contributed by atoms with E-state index in [-0.39, 0.29) is 27.4 Å². The molecule has 0 saturated carbocycles. The van der Waals surface area contributed by atoms with Crippen molar-refractivity contribution >= 4 is 40.9 Å². The van der Waals surface area contributed by atoms with Crippen LogP contribution in [0.4, 0.5) is 5.82 Å². The number of hydrogen-bond donors (Lipinski definition) is 2. The maximum atomic E-state index is 12.0. The van der Waals surface area contributed by atoms with E-state index in [9.17, 15) is 9.59 Å². The van der Waals surface area contributed by atoms with Crippen LogP contribution < -0.4 is 5.32 Å². The van der Waals surface area contributed by atoms with Gasteiger partial charge in [0.2, 0.25) is 0 Å². The lowest BCUT2D eigenvalue weighted by Gasteiger charge is -2.06. The molecule has 0 spiro atoms. The van der Waals surface area contributed by atoms with E-state index in [1.807, 2.05) is 0 Å². The van der Waals surface area contributed by atoms with E-state index in [4.69, 9.17) is 28.3 Å². The maximum Gasteiger partial charge on any atom is 0.354 e. The van der Waals surface area contributed by atoms with Crippen molar-refractivity contribution in [3.8, 4) is 0 Å². The summed E-state index contributed by atoms with van der Waals surface area (Å²) in [5, 5.41) is 11.5. The number of halogens is 2. The van der Waals surface area contributed by atoms with E-state index < -0.39 is 11.9 Å². The van der Waals surface area contributed by atoms with Crippen molar-refractivity contribution in [1.82, 2.24) is 9.97 Å². The number of aromatic carboxylic acids is 1. The van der Waals surface area contributed by atoms with E-state index >= 15 is 0 Å². The third kappa shape index (κ3) is 3.23. The van der Waals surface area contributed by atoms with Crippen molar-refractivity contribution in [3.05, 3.63) is 51.9 Å². The Kier molecular flexibility index (Phi) is 4.16. The number of nitrogens with zero attached hydrogens (tertiary/aromatic N) is 2. The van der Waals surface area contributed by atoms with Crippen molar-refractivity contribution in [1.29, 1.82) is 0 Å². The van der Waals surface area contributed by atoms with Crippen LogP contribution in [-0.4, -0.2) is 27.0 Å². The van der Waals surface area contributed by atoms with Crippen LogP contribution in [0, 0.1) is 0 Å². The molecule has 6 nitrogen and oxygen atoms in total. The van der Waals surface area contributed by atoms with Crippen molar-refractivity contribution in [2.24, 2.45) is 0 Å². The molecule has 0 fully saturated rings. The number of nitrogens with one attached hydrogen (secondary N) is 1. The maximum absolute atomic E-state index is 12.0. The van der Waals surface area contributed by atoms with Crippen LogP contribution >= 0.6 is 23.2 Å². The highest BCUT2D eigenvalue weighted by Crippen LogP contribution is 2.18. The average Bonchev–Trinajstić information content (AvgIpc) is 2.41. The SMILES string of the molecule is O=C(O)c1cccc(NC(=O)c2nc(Cl)ccc2Cl)n1. The van der Waals surface area contributed by atoms with E-state index in [0.29, 0.717) is 0 Å². The Morgan fingerprint density at radius 3 is 2.55 bits per heavy atom. The number of aromatic nitrogens is 2. The number of pyridine rings is 2. The van der Waals surface area contributed by atoms with Crippen molar-refractivity contribution in [2.75, 3.05) is 5.32 Å². The van der Waals surface area contributed by atoms with Crippen molar-refractivity contribution in [3.63, 3.8) is 0 Å². The van der Waals surface area contributed by atoms with Gasteiger partial charge in [-0.2, -0.15) is 0 Å². The zero-order chi connectivity index (χ0) is 14.7. The highest BCUT2D eigenvalue weighted by molar-refractivity contribution is 6.35. The van der Waals surface area contributed by atoms with Crippen LogP contribution in [0.3, 0.4) is 0 Å². The Morgan fingerprint density at radius 2 is 1.85 bits per heavy atom. The zero-order valence-electron chi connectivity index (χ0n) is 9.80. The number of rotatable bonds is 3. The molecule has 8 heteroatoms. The molecule has 2 aromatic heterocycles. The van der Waals surface area contributed by atoms with Crippen LogP contribution in [0.1, 0.15) is 21.0 Å². The monoisotopic (exact) mass is 311 g/mol. The second kappa shape index (κ2) is 5.85. The Balaban J connectivity index is 2.25. The summed E-state index contributed by atoms with van der Waals surface area (Å²) >= 11 is 11.5. The number of carboxylic acid groups (broad SMARTS) is 1. The summed E-state index contributed by atoms with van der Waals surface area (Å²) in [6.07, 6.45) is 0. The Hall–Kier alpha value is -2.18. The fraction of sp³-hybridized carbons (Fsp3) is 0. The van der Waals surface area contributed by atoms with Gasteiger partial charge in [-0.1, -0.05) is 29.3 Å². The highest BCUT2D eigenvalue weighted by atomic mass is 35.5. The molecule has 0 atom stereocenters. The third-order valence-electron chi connectivity index (χ3n) is 2.24. The summed E-state index contributed by atoms with van der Waals surface area (Å²) in [4.78, 5) is 30.3. The van der Waals surface area contributed by atoms with Gasteiger partial charge in [0.15, 0.2) is 5.69 Å². The van der Waals surface area contributed by atoms with Crippen LogP contribution in [0.2, 0.25) is 10.2 Å². The molecule has 2 heterocycles. The summed E-state index contributed by atoms with van der Waals surface area (Å²) in [6, 6.07) is 7.10. The van der Waals surface area contributed by atoms with Crippen molar-refractivity contribution < 1.29 is 14.7 Å². The third-order valence-corrected chi connectivity index (χ3v) is 2.75. The first-order valence-electron chi connectivity index (χ1n) is 5.31. The number of amides is 1. The van der Waals surface area contributed by atoms with Gasteiger partial charge in [-0.3, -0.25) is 4.79 Å². The van der Waals surface area contributed by atoms with E-state index in [1.54, 1.807) is 0 Å². The topological polar surface area (TPSA) is 92.2 Å². The summed E-state index contributed by atoms with van der Waals surface area (Å²) in [7, 11) is 0. The summed E-state index contributed by atoms with van der Waals surface area (Å²) in [5.41, 5.74) is -0.255. The normalized spacial score (nSPS) is 10.1. The van der Waals surface area contributed by atoms with Gasteiger partial charge < -0.3 is 10.4 Å². The van der Waals surface area contributed by atoms with Gasteiger partial charge in [0.05, 0.1) is 5.02 Å². The van der Waals surface area contributed by atoms with Crippen LogP contribution in [-0.2, 0) is 0 Å². The first-order valence-corrected chi connectivity index (χ1v) is 6.06. The quantitative estimate of drug-likeness (QED) is 0.850.